The monoisotopic (exact) mass is 346 g/mol. The summed E-state index contributed by atoms with van der Waals surface area (Å²) in [5.41, 5.74) is 4.53. The van der Waals surface area contributed by atoms with E-state index in [0.717, 1.165) is 22.2 Å². The van der Waals surface area contributed by atoms with Crippen molar-refractivity contribution in [2.24, 2.45) is 0 Å². The molecule has 21 heavy (non-hydrogen) atoms. The fraction of sp³-hybridized carbons (Fsp3) is 0.222. The molecule has 0 spiro atoms. The van der Waals surface area contributed by atoms with Crippen LogP contribution in [-0.2, 0) is 4.74 Å². The van der Waals surface area contributed by atoms with Crippen molar-refractivity contribution in [3.63, 3.8) is 0 Å². The number of halogens is 1. The molecule has 0 aliphatic heterocycles. The van der Waals surface area contributed by atoms with Gasteiger partial charge in [0.05, 0.1) is 20.0 Å². The number of aryl methyl sites for hydroxylation is 1. The van der Waals surface area contributed by atoms with Gasteiger partial charge in [0.2, 0.25) is 0 Å². The molecule has 0 saturated carbocycles. The molecular formula is C18H19BrO2. The van der Waals surface area contributed by atoms with E-state index >= 15 is 0 Å². The Balaban J connectivity index is 2.45. The van der Waals surface area contributed by atoms with Gasteiger partial charge in [0.25, 0.3) is 0 Å². The van der Waals surface area contributed by atoms with Gasteiger partial charge in [0, 0.05) is 10.9 Å². The molecule has 0 fully saturated rings. The largest absolute Gasteiger partial charge is 0.500 e. The minimum absolute atomic E-state index is 0.638. The first-order valence-electron chi connectivity index (χ1n) is 6.84. The third-order valence-electron chi connectivity index (χ3n) is 3.21. The summed E-state index contributed by atoms with van der Waals surface area (Å²) in [6.45, 7) is 2.74. The molecule has 0 saturated heterocycles. The molecule has 0 amide bonds. The fourth-order valence-electron chi connectivity index (χ4n) is 2.14. The maximum Gasteiger partial charge on any atom is 0.119 e. The molecule has 0 unspecified atom stereocenters. The summed E-state index contributed by atoms with van der Waals surface area (Å²) >= 11 is 3.38. The Morgan fingerprint density at radius 1 is 1.14 bits per heavy atom. The fourth-order valence-corrected chi connectivity index (χ4v) is 2.33. The first kappa shape index (κ1) is 15.6. The van der Waals surface area contributed by atoms with Crippen LogP contribution in [0.1, 0.15) is 16.7 Å². The van der Waals surface area contributed by atoms with Crippen LogP contribution in [0.5, 0.6) is 5.75 Å². The third kappa shape index (κ3) is 4.11. The van der Waals surface area contributed by atoms with Crippen LogP contribution in [0.25, 0.3) is 5.57 Å². The van der Waals surface area contributed by atoms with Gasteiger partial charge in [0.1, 0.15) is 5.75 Å². The van der Waals surface area contributed by atoms with Gasteiger partial charge in [-0.05, 0) is 35.7 Å². The highest BCUT2D eigenvalue weighted by molar-refractivity contribution is 9.09. The smallest absolute Gasteiger partial charge is 0.119 e. The molecule has 0 aliphatic rings. The Morgan fingerprint density at radius 2 is 1.95 bits per heavy atom. The first-order chi connectivity index (χ1) is 10.3. The van der Waals surface area contributed by atoms with Crippen LogP contribution in [0.4, 0.5) is 0 Å². The second-order valence-corrected chi connectivity index (χ2v) is 5.43. The average molecular weight is 347 g/mol. The van der Waals surface area contributed by atoms with E-state index in [1.165, 1.54) is 11.1 Å². The van der Waals surface area contributed by atoms with Crippen LogP contribution in [-0.4, -0.2) is 19.0 Å². The zero-order valence-corrected chi connectivity index (χ0v) is 13.9. The number of rotatable bonds is 6. The van der Waals surface area contributed by atoms with E-state index in [2.05, 4.69) is 41.1 Å². The Bertz CT molecular complexity index is 620. The molecule has 0 N–H and O–H groups in total. The van der Waals surface area contributed by atoms with Crippen molar-refractivity contribution in [2.45, 2.75) is 6.92 Å². The highest BCUT2D eigenvalue weighted by Gasteiger charge is 2.09. The van der Waals surface area contributed by atoms with Gasteiger partial charge >= 0.3 is 0 Å². The number of hydrogen-bond acceptors (Lipinski definition) is 2. The standard InChI is InChI=1S/C18H19BrO2/c1-14-6-3-4-9-17(14)18(13-21-11-10-19)15-7-5-8-16(12-15)20-2/h3-9,12-13H,10-11H2,1-2H3/b18-13+. The van der Waals surface area contributed by atoms with Crippen LogP contribution in [0.2, 0.25) is 0 Å². The molecular weight excluding hydrogens is 328 g/mol. The predicted octanol–water partition coefficient (Wildman–Crippen LogP) is 4.80. The van der Waals surface area contributed by atoms with E-state index in [1.54, 1.807) is 7.11 Å². The summed E-state index contributed by atoms with van der Waals surface area (Å²) in [5, 5.41) is 0.808. The lowest BCUT2D eigenvalue weighted by molar-refractivity contribution is 0.275. The molecule has 2 aromatic carbocycles. The number of methoxy groups -OCH3 is 1. The summed E-state index contributed by atoms with van der Waals surface area (Å²) in [6, 6.07) is 16.3. The van der Waals surface area contributed by atoms with E-state index in [-0.39, 0.29) is 0 Å². The maximum atomic E-state index is 5.63. The summed E-state index contributed by atoms with van der Waals surface area (Å²) in [6.07, 6.45) is 1.83. The van der Waals surface area contributed by atoms with Gasteiger partial charge in [-0.1, -0.05) is 52.3 Å². The summed E-state index contributed by atoms with van der Waals surface area (Å²) in [7, 11) is 1.68. The van der Waals surface area contributed by atoms with Crippen LogP contribution in [0.15, 0.2) is 54.8 Å². The van der Waals surface area contributed by atoms with E-state index in [1.807, 2.05) is 36.6 Å². The van der Waals surface area contributed by atoms with Crippen molar-refractivity contribution < 1.29 is 9.47 Å². The van der Waals surface area contributed by atoms with Crippen LogP contribution in [0.3, 0.4) is 0 Å². The predicted molar refractivity (Wildman–Crippen MR) is 91.0 cm³/mol. The van der Waals surface area contributed by atoms with Gasteiger partial charge in [-0.25, -0.2) is 0 Å². The molecule has 0 atom stereocenters. The highest BCUT2D eigenvalue weighted by atomic mass is 79.9. The molecule has 2 nitrogen and oxygen atoms in total. The number of benzene rings is 2. The Morgan fingerprint density at radius 3 is 2.67 bits per heavy atom. The zero-order chi connectivity index (χ0) is 15.1. The van der Waals surface area contributed by atoms with E-state index < -0.39 is 0 Å². The Hall–Kier alpha value is -1.74. The Labute approximate surface area is 134 Å². The van der Waals surface area contributed by atoms with E-state index in [4.69, 9.17) is 9.47 Å². The molecule has 110 valence electrons. The van der Waals surface area contributed by atoms with Crippen molar-refractivity contribution in [3.05, 3.63) is 71.5 Å². The van der Waals surface area contributed by atoms with Gasteiger partial charge < -0.3 is 9.47 Å². The van der Waals surface area contributed by atoms with Crippen molar-refractivity contribution in [2.75, 3.05) is 19.0 Å². The molecule has 0 radical (unpaired) electrons. The second kappa shape index (κ2) is 7.89. The average Bonchev–Trinajstić information content (AvgIpc) is 2.53. The lowest BCUT2D eigenvalue weighted by Gasteiger charge is -2.12. The topological polar surface area (TPSA) is 18.5 Å². The zero-order valence-electron chi connectivity index (χ0n) is 12.3. The molecule has 3 heteroatoms. The molecule has 2 rings (SSSR count). The first-order valence-corrected chi connectivity index (χ1v) is 7.96. The van der Waals surface area contributed by atoms with E-state index in [0.29, 0.717) is 6.61 Å². The highest BCUT2D eigenvalue weighted by Crippen LogP contribution is 2.28. The van der Waals surface area contributed by atoms with Crippen molar-refractivity contribution in [1.82, 2.24) is 0 Å². The van der Waals surface area contributed by atoms with Gasteiger partial charge in [0.15, 0.2) is 0 Å². The van der Waals surface area contributed by atoms with Crippen molar-refractivity contribution in [3.8, 4) is 5.75 Å². The minimum Gasteiger partial charge on any atom is -0.500 e. The number of hydrogen-bond donors (Lipinski definition) is 0. The van der Waals surface area contributed by atoms with Crippen LogP contribution >= 0.6 is 15.9 Å². The molecule has 0 aromatic heterocycles. The van der Waals surface area contributed by atoms with Gasteiger partial charge in [-0.2, -0.15) is 0 Å². The van der Waals surface area contributed by atoms with Gasteiger partial charge in [-0.15, -0.1) is 0 Å². The van der Waals surface area contributed by atoms with Crippen molar-refractivity contribution in [1.29, 1.82) is 0 Å². The van der Waals surface area contributed by atoms with Crippen LogP contribution < -0.4 is 4.74 Å². The lowest BCUT2D eigenvalue weighted by atomic mass is 9.95. The Kier molecular flexibility index (Phi) is 5.88. The minimum atomic E-state index is 0.638. The molecule has 0 aliphatic carbocycles. The number of ether oxygens (including phenoxy) is 2. The van der Waals surface area contributed by atoms with Crippen LogP contribution in [0, 0.1) is 6.92 Å². The maximum absolute atomic E-state index is 5.63. The summed E-state index contributed by atoms with van der Waals surface area (Å²) in [4.78, 5) is 0. The van der Waals surface area contributed by atoms with E-state index in [9.17, 15) is 0 Å². The molecule has 2 aromatic rings. The SMILES string of the molecule is COc1cccc(/C(=C\OCCBr)c2ccccc2C)c1. The molecule has 0 heterocycles. The quantitative estimate of drug-likeness (QED) is 0.424. The summed E-state index contributed by atoms with van der Waals surface area (Å²) < 4.78 is 11.0. The lowest BCUT2D eigenvalue weighted by Crippen LogP contribution is -1.95. The third-order valence-corrected chi connectivity index (χ3v) is 3.54. The van der Waals surface area contributed by atoms with Crippen molar-refractivity contribution >= 4 is 21.5 Å². The second-order valence-electron chi connectivity index (χ2n) is 4.64. The van der Waals surface area contributed by atoms with Gasteiger partial charge in [-0.3, -0.25) is 0 Å². The summed E-state index contributed by atoms with van der Waals surface area (Å²) in [5.74, 6) is 0.840. The normalized spacial score (nSPS) is 11.3. The molecule has 0 bridgehead atoms. The number of alkyl halides is 1.